The van der Waals surface area contributed by atoms with Gasteiger partial charge in [0.05, 0.1) is 11.9 Å². The maximum atomic E-state index is 12.4. The molecular weight excluding hydrogens is 468 g/mol. The molecule has 9 heteroatoms. The lowest BCUT2D eigenvalue weighted by molar-refractivity contribution is -0.138. The van der Waals surface area contributed by atoms with Gasteiger partial charge in [0.15, 0.2) is 5.65 Å². The number of rotatable bonds is 10. The maximum Gasteiger partial charge on any atom is 0.320 e. The Bertz CT molecular complexity index is 1360. The van der Waals surface area contributed by atoms with Crippen LogP contribution < -0.4 is 16.4 Å². The smallest absolute Gasteiger partial charge is 0.320 e. The zero-order valence-corrected chi connectivity index (χ0v) is 20.6. The number of benzene rings is 2. The normalized spacial score (nSPS) is 12.6. The van der Waals surface area contributed by atoms with E-state index < -0.39 is 12.0 Å². The van der Waals surface area contributed by atoms with Crippen LogP contribution in [0, 0.1) is 0 Å². The summed E-state index contributed by atoms with van der Waals surface area (Å²) in [5.74, 6) is -0.224. The summed E-state index contributed by atoms with van der Waals surface area (Å²) >= 11 is 0. The molecule has 0 aliphatic carbocycles. The van der Waals surface area contributed by atoms with E-state index in [1.54, 1.807) is 18.3 Å². The quantitative estimate of drug-likeness (QED) is 0.238. The molecule has 4 rings (SSSR count). The number of carbonyl (C=O) groups is 2. The fraction of sp³-hybridized carbons (Fsp3) is 0.250. The SMILES string of the molecule is C[C@H](CCCNC(=O)Nc1ccc2ncc(-c3ccc(C[C@H](N)C(=O)O)cc3)nc2n1)c1ccccc1. The van der Waals surface area contributed by atoms with Crippen molar-refractivity contribution in [1.29, 1.82) is 0 Å². The third kappa shape index (κ3) is 7.08. The lowest BCUT2D eigenvalue weighted by atomic mass is 9.96. The molecular formula is C28H30N6O3. The highest BCUT2D eigenvalue weighted by Gasteiger charge is 2.13. The van der Waals surface area contributed by atoms with Crippen molar-refractivity contribution in [2.45, 2.75) is 38.1 Å². The number of aromatic nitrogens is 3. The van der Waals surface area contributed by atoms with Crippen molar-refractivity contribution in [3.8, 4) is 11.3 Å². The topological polar surface area (TPSA) is 143 Å². The summed E-state index contributed by atoms with van der Waals surface area (Å²) in [6.45, 7) is 2.75. The fourth-order valence-corrected chi connectivity index (χ4v) is 3.98. The van der Waals surface area contributed by atoms with E-state index in [9.17, 15) is 9.59 Å². The Morgan fingerprint density at radius 2 is 1.76 bits per heavy atom. The summed E-state index contributed by atoms with van der Waals surface area (Å²) in [5.41, 5.74) is 10.2. The molecule has 0 fully saturated rings. The van der Waals surface area contributed by atoms with Crippen molar-refractivity contribution in [1.82, 2.24) is 20.3 Å². The highest BCUT2D eigenvalue weighted by Crippen LogP contribution is 2.21. The van der Waals surface area contributed by atoms with Crippen LogP contribution in [0.2, 0.25) is 0 Å². The second-order valence-corrected chi connectivity index (χ2v) is 8.98. The molecule has 0 bridgehead atoms. The van der Waals surface area contributed by atoms with Crippen LogP contribution in [-0.4, -0.2) is 44.6 Å². The summed E-state index contributed by atoms with van der Waals surface area (Å²) in [4.78, 5) is 36.8. The summed E-state index contributed by atoms with van der Waals surface area (Å²) in [6.07, 6.45) is 3.73. The monoisotopic (exact) mass is 498 g/mol. The van der Waals surface area contributed by atoms with Crippen LogP contribution in [0.1, 0.15) is 36.8 Å². The standard InChI is InChI=1S/C28H30N6O3/c1-18(20-7-3-2-4-8-20)6-5-15-30-28(37)34-25-14-13-23-26(33-25)32-24(17-31-23)21-11-9-19(10-12-21)16-22(29)27(35)36/h2-4,7-14,17-18,22H,5-6,15-16,29H2,1H3,(H,35,36)(H2,30,32,33,34,37)/t18-,22+/m1/s1. The predicted octanol–water partition coefficient (Wildman–Crippen LogP) is 4.35. The summed E-state index contributed by atoms with van der Waals surface area (Å²) in [5, 5.41) is 14.6. The molecule has 5 N–H and O–H groups in total. The number of urea groups is 1. The summed E-state index contributed by atoms with van der Waals surface area (Å²) < 4.78 is 0. The number of nitrogens with zero attached hydrogens (tertiary/aromatic N) is 3. The Kier molecular flexibility index (Phi) is 8.37. The molecule has 9 nitrogen and oxygen atoms in total. The Hall–Kier alpha value is -4.37. The summed E-state index contributed by atoms with van der Waals surface area (Å²) in [6, 6.07) is 19.8. The number of hydrogen-bond donors (Lipinski definition) is 4. The zero-order valence-electron chi connectivity index (χ0n) is 20.6. The number of carbonyl (C=O) groups excluding carboxylic acids is 1. The van der Waals surface area contributed by atoms with Crippen LogP contribution in [0.4, 0.5) is 10.6 Å². The van der Waals surface area contributed by atoms with Gasteiger partial charge < -0.3 is 16.2 Å². The molecule has 0 aliphatic heterocycles. The van der Waals surface area contributed by atoms with E-state index in [0.29, 0.717) is 35.1 Å². The highest BCUT2D eigenvalue weighted by molar-refractivity contribution is 5.89. The van der Waals surface area contributed by atoms with Gasteiger partial charge in [0.1, 0.15) is 17.4 Å². The van der Waals surface area contributed by atoms with Crippen LogP contribution >= 0.6 is 0 Å². The van der Waals surface area contributed by atoms with Gasteiger partial charge in [-0.15, -0.1) is 0 Å². The van der Waals surface area contributed by atoms with Gasteiger partial charge in [-0.1, -0.05) is 61.5 Å². The first-order valence-corrected chi connectivity index (χ1v) is 12.2. The minimum absolute atomic E-state index is 0.240. The van der Waals surface area contributed by atoms with E-state index in [1.165, 1.54) is 5.56 Å². The maximum absolute atomic E-state index is 12.4. The Labute approximate surface area is 215 Å². The number of amides is 2. The molecule has 2 atom stereocenters. The molecule has 37 heavy (non-hydrogen) atoms. The zero-order chi connectivity index (χ0) is 26.2. The molecule has 2 amide bonds. The largest absolute Gasteiger partial charge is 0.480 e. The first-order valence-electron chi connectivity index (χ1n) is 12.2. The molecule has 190 valence electrons. The number of carboxylic acids is 1. The Balaban J connectivity index is 1.33. The third-order valence-corrected chi connectivity index (χ3v) is 6.14. The molecule has 4 aromatic rings. The molecule has 0 aliphatic rings. The Morgan fingerprint density at radius 1 is 1.00 bits per heavy atom. The third-order valence-electron chi connectivity index (χ3n) is 6.14. The van der Waals surface area contributed by atoms with E-state index in [4.69, 9.17) is 10.8 Å². The number of aliphatic carboxylic acids is 1. The molecule has 0 unspecified atom stereocenters. The van der Waals surface area contributed by atoms with Crippen LogP contribution in [0.3, 0.4) is 0 Å². The van der Waals surface area contributed by atoms with Crippen molar-refractivity contribution < 1.29 is 14.7 Å². The second-order valence-electron chi connectivity index (χ2n) is 8.98. The number of carboxylic acid groups (broad SMARTS) is 1. The van der Waals surface area contributed by atoms with E-state index in [0.717, 1.165) is 24.0 Å². The number of fused-ring (bicyclic) bond motifs is 1. The molecule has 0 spiro atoms. The van der Waals surface area contributed by atoms with Gasteiger partial charge >= 0.3 is 12.0 Å². The average Bonchev–Trinajstić information content (AvgIpc) is 2.91. The first-order chi connectivity index (χ1) is 17.9. The van der Waals surface area contributed by atoms with Crippen molar-refractivity contribution in [3.63, 3.8) is 0 Å². The number of nitrogens with one attached hydrogen (secondary N) is 2. The lowest BCUT2D eigenvalue weighted by Crippen LogP contribution is -2.32. The van der Waals surface area contributed by atoms with Crippen molar-refractivity contribution in [3.05, 3.63) is 84.1 Å². The molecule has 0 radical (unpaired) electrons. The number of nitrogens with two attached hydrogens (primary N) is 1. The fourth-order valence-electron chi connectivity index (χ4n) is 3.98. The van der Waals surface area contributed by atoms with Gasteiger partial charge in [-0.3, -0.25) is 15.1 Å². The van der Waals surface area contributed by atoms with Crippen LogP contribution in [0.25, 0.3) is 22.4 Å². The molecule has 2 aromatic carbocycles. The van der Waals surface area contributed by atoms with Crippen LogP contribution in [0.15, 0.2) is 72.9 Å². The van der Waals surface area contributed by atoms with Crippen LogP contribution in [-0.2, 0) is 11.2 Å². The minimum atomic E-state index is -1.04. The van der Waals surface area contributed by atoms with E-state index in [2.05, 4.69) is 44.6 Å². The van der Waals surface area contributed by atoms with Crippen molar-refractivity contribution in [2.24, 2.45) is 5.73 Å². The molecule has 0 saturated heterocycles. The van der Waals surface area contributed by atoms with Gasteiger partial charge in [0.2, 0.25) is 0 Å². The highest BCUT2D eigenvalue weighted by atomic mass is 16.4. The molecule has 0 saturated carbocycles. The molecule has 2 heterocycles. The van der Waals surface area contributed by atoms with Gasteiger partial charge in [-0.05, 0) is 48.4 Å². The van der Waals surface area contributed by atoms with E-state index in [1.807, 2.05) is 42.5 Å². The minimum Gasteiger partial charge on any atom is -0.480 e. The van der Waals surface area contributed by atoms with Crippen molar-refractivity contribution in [2.75, 3.05) is 11.9 Å². The number of anilines is 1. The average molecular weight is 499 g/mol. The van der Waals surface area contributed by atoms with E-state index >= 15 is 0 Å². The lowest BCUT2D eigenvalue weighted by Gasteiger charge is -2.12. The van der Waals surface area contributed by atoms with Gasteiger partial charge in [-0.2, -0.15) is 0 Å². The molecule has 2 aromatic heterocycles. The van der Waals surface area contributed by atoms with E-state index in [-0.39, 0.29) is 12.5 Å². The predicted molar refractivity (Wildman–Crippen MR) is 143 cm³/mol. The number of hydrogen-bond acceptors (Lipinski definition) is 6. The second kappa shape index (κ2) is 12.0. The Morgan fingerprint density at radius 3 is 2.49 bits per heavy atom. The van der Waals surface area contributed by atoms with Crippen molar-refractivity contribution >= 4 is 29.0 Å². The van der Waals surface area contributed by atoms with Gasteiger partial charge in [0.25, 0.3) is 0 Å². The van der Waals surface area contributed by atoms with Crippen LogP contribution in [0.5, 0.6) is 0 Å². The first kappa shape index (κ1) is 25.7. The summed E-state index contributed by atoms with van der Waals surface area (Å²) in [7, 11) is 0. The van der Waals surface area contributed by atoms with Gasteiger partial charge in [-0.25, -0.2) is 14.8 Å². The van der Waals surface area contributed by atoms with Gasteiger partial charge in [0, 0.05) is 12.1 Å². The number of pyridine rings is 1.